The molecule has 3 unspecified atom stereocenters. The lowest BCUT2D eigenvalue weighted by Gasteiger charge is -2.31. The Labute approximate surface area is 150 Å². The van der Waals surface area contributed by atoms with Gasteiger partial charge in [-0.05, 0) is 23.5 Å². The predicted octanol–water partition coefficient (Wildman–Crippen LogP) is 4.29. The molecule has 0 aliphatic carbocycles. The number of benzene rings is 2. The van der Waals surface area contributed by atoms with Crippen molar-refractivity contribution in [2.75, 3.05) is 12.4 Å². The lowest BCUT2D eigenvalue weighted by atomic mass is 10.0. The van der Waals surface area contributed by atoms with Gasteiger partial charge < -0.3 is 5.32 Å². The molecule has 0 bridgehead atoms. The quantitative estimate of drug-likeness (QED) is 0.755. The lowest BCUT2D eigenvalue weighted by Crippen LogP contribution is -2.43. The lowest BCUT2D eigenvalue weighted by molar-refractivity contribution is 0.179. The molecule has 2 aromatic rings. The Balaban J connectivity index is 1.62. The highest BCUT2D eigenvalue weighted by Crippen LogP contribution is 2.31. The molecule has 3 atom stereocenters. The van der Waals surface area contributed by atoms with Gasteiger partial charge in [0.05, 0.1) is 0 Å². The van der Waals surface area contributed by atoms with Gasteiger partial charge in [0.1, 0.15) is 0 Å². The number of hydrogen-bond acceptors (Lipinski definition) is 2. The first-order valence-electron chi connectivity index (χ1n) is 8.88. The molecule has 1 aliphatic rings. The molecule has 0 aromatic heterocycles. The van der Waals surface area contributed by atoms with Gasteiger partial charge in [-0.2, -0.15) is 0 Å². The Morgan fingerprint density at radius 1 is 1.00 bits per heavy atom. The predicted molar refractivity (Wildman–Crippen MR) is 102 cm³/mol. The number of likely N-dealkylation sites (tertiary alicyclic amines) is 1. The second-order valence-corrected chi connectivity index (χ2v) is 7.17. The van der Waals surface area contributed by atoms with E-state index in [4.69, 9.17) is 11.6 Å². The van der Waals surface area contributed by atoms with Gasteiger partial charge in [0, 0.05) is 37.6 Å². The summed E-state index contributed by atoms with van der Waals surface area (Å²) in [5, 5.41) is 3.65. The Hall–Kier alpha value is -1.35. The summed E-state index contributed by atoms with van der Waals surface area (Å²) in [4.78, 5) is 2.60. The fourth-order valence-corrected chi connectivity index (χ4v) is 4.09. The van der Waals surface area contributed by atoms with Crippen molar-refractivity contribution in [2.24, 2.45) is 5.92 Å². The van der Waals surface area contributed by atoms with Crippen LogP contribution in [0.15, 0.2) is 60.7 Å². The van der Waals surface area contributed by atoms with Crippen LogP contribution in [0.25, 0.3) is 0 Å². The molecular formula is C21H27ClN2. The maximum absolute atomic E-state index is 6.27. The minimum atomic E-state index is 0.477. The fraction of sp³-hybridized carbons (Fsp3) is 0.429. The van der Waals surface area contributed by atoms with E-state index >= 15 is 0 Å². The van der Waals surface area contributed by atoms with Crippen molar-refractivity contribution in [3.8, 4) is 0 Å². The van der Waals surface area contributed by atoms with Crippen LogP contribution in [0.4, 0.5) is 0 Å². The number of rotatable bonds is 7. The molecule has 2 aromatic carbocycles. The van der Waals surface area contributed by atoms with E-state index in [0.717, 1.165) is 19.6 Å². The third kappa shape index (κ3) is 4.38. The van der Waals surface area contributed by atoms with E-state index < -0.39 is 0 Å². The second-order valence-electron chi connectivity index (χ2n) is 6.86. The SMILES string of the molecule is CC1CC(CCl)N(Cc2ccccc2)C1CNCc1ccccc1. The summed E-state index contributed by atoms with van der Waals surface area (Å²) in [5.41, 5.74) is 2.71. The van der Waals surface area contributed by atoms with Gasteiger partial charge in [0.15, 0.2) is 0 Å². The zero-order valence-corrected chi connectivity index (χ0v) is 15.1. The van der Waals surface area contributed by atoms with Crippen molar-refractivity contribution >= 4 is 11.6 Å². The van der Waals surface area contributed by atoms with E-state index in [1.54, 1.807) is 0 Å². The molecule has 0 saturated carbocycles. The normalized spacial score (nSPS) is 24.3. The fourth-order valence-electron chi connectivity index (χ4n) is 3.79. The van der Waals surface area contributed by atoms with Crippen LogP contribution in [0.1, 0.15) is 24.5 Å². The molecule has 1 N–H and O–H groups in total. The van der Waals surface area contributed by atoms with Crippen LogP contribution >= 0.6 is 11.6 Å². The number of nitrogens with zero attached hydrogens (tertiary/aromatic N) is 1. The number of hydrogen-bond donors (Lipinski definition) is 1. The molecule has 1 heterocycles. The van der Waals surface area contributed by atoms with Crippen LogP contribution in [0.2, 0.25) is 0 Å². The zero-order chi connectivity index (χ0) is 16.8. The monoisotopic (exact) mass is 342 g/mol. The van der Waals surface area contributed by atoms with Crippen molar-refractivity contribution in [1.82, 2.24) is 10.2 Å². The molecule has 0 amide bonds. The van der Waals surface area contributed by atoms with Gasteiger partial charge in [-0.3, -0.25) is 4.90 Å². The molecule has 0 spiro atoms. The van der Waals surface area contributed by atoms with Gasteiger partial charge >= 0.3 is 0 Å². The van der Waals surface area contributed by atoms with Crippen molar-refractivity contribution in [1.29, 1.82) is 0 Å². The highest BCUT2D eigenvalue weighted by molar-refractivity contribution is 6.18. The number of nitrogens with one attached hydrogen (secondary N) is 1. The summed E-state index contributed by atoms with van der Waals surface area (Å²) in [6.07, 6.45) is 1.19. The van der Waals surface area contributed by atoms with E-state index in [2.05, 4.69) is 77.8 Å². The van der Waals surface area contributed by atoms with Crippen LogP contribution < -0.4 is 5.32 Å². The van der Waals surface area contributed by atoms with E-state index in [1.165, 1.54) is 17.5 Å². The van der Waals surface area contributed by atoms with Crippen LogP contribution in [-0.4, -0.2) is 29.4 Å². The maximum atomic E-state index is 6.27. The third-order valence-corrected chi connectivity index (χ3v) is 5.46. The number of halogens is 1. The van der Waals surface area contributed by atoms with E-state index in [9.17, 15) is 0 Å². The summed E-state index contributed by atoms with van der Waals surface area (Å²) < 4.78 is 0. The van der Waals surface area contributed by atoms with Crippen LogP contribution in [0, 0.1) is 5.92 Å². The van der Waals surface area contributed by atoms with E-state index in [1.807, 2.05) is 0 Å². The summed E-state index contributed by atoms with van der Waals surface area (Å²) in [7, 11) is 0. The Morgan fingerprint density at radius 3 is 2.25 bits per heavy atom. The molecule has 3 heteroatoms. The largest absolute Gasteiger partial charge is 0.311 e. The zero-order valence-electron chi connectivity index (χ0n) is 14.4. The molecule has 2 nitrogen and oxygen atoms in total. The van der Waals surface area contributed by atoms with Crippen LogP contribution in [0.3, 0.4) is 0 Å². The standard InChI is InChI=1S/C21H27ClN2/c1-17-12-20(13-22)24(16-19-10-6-3-7-11-19)21(17)15-23-14-18-8-4-2-5-9-18/h2-11,17,20-21,23H,12-16H2,1H3. The molecule has 3 rings (SSSR count). The first kappa shape index (κ1) is 17.5. The highest BCUT2D eigenvalue weighted by atomic mass is 35.5. The van der Waals surface area contributed by atoms with Crippen molar-refractivity contribution in [3.05, 3.63) is 71.8 Å². The summed E-state index contributed by atoms with van der Waals surface area (Å²) >= 11 is 6.27. The first-order chi connectivity index (χ1) is 11.8. The van der Waals surface area contributed by atoms with Gasteiger partial charge in [-0.15, -0.1) is 11.6 Å². The molecule has 0 radical (unpaired) electrons. The Morgan fingerprint density at radius 2 is 1.62 bits per heavy atom. The molecule has 128 valence electrons. The minimum absolute atomic E-state index is 0.477. The van der Waals surface area contributed by atoms with E-state index in [-0.39, 0.29) is 0 Å². The van der Waals surface area contributed by atoms with Crippen LogP contribution in [-0.2, 0) is 13.1 Å². The van der Waals surface area contributed by atoms with Gasteiger partial charge in [0.25, 0.3) is 0 Å². The van der Waals surface area contributed by atoms with Crippen molar-refractivity contribution < 1.29 is 0 Å². The smallest absolute Gasteiger partial charge is 0.0380 e. The molecule has 24 heavy (non-hydrogen) atoms. The maximum Gasteiger partial charge on any atom is 0.0380 e. The van der Waals surface area contributed by atoms with Gasteiger partial charge in [-0.25, -0.2) is 0 Å². The molecular weight excluding hydrogens is 316 g/mol. The van der Waals surface area contributed by atoms with Gasteiger partial charge in [-0.1, -0.05) is 67.6 Å². The second kappa shape index (κ2) is 8.66. The average Bonchev–Trinajstić information content (AvgIpc) is 2.92. The van der Waals surface area contributed by atoms with Gasteiger partial charge in [0.2, 0.25) is 0 Å². The summed E-state index contributed by atoms with van der Waals surface area (Å²) in [5.74, 6) is 1.38. The van der Waals surface area contributed by atoms with Crippen molar-refractivity contribution in [2.45, 2.75) is 38.5 Å². The minimum Gasteiger partial charge on any atom is -0.311 e. The Kier molecular flexibility index (Phi) is 6.30. The highest BCUT2D eigenvalue weighted by Gasteiger charge is 2.37. The third-order valence-electron chi connectivity index (χ3n) is 5.11. The first-order valence-corrected chi connectivity index (χ1v) is 9.41. The average molecular weight is 343 g/mol. The van der Waals surface area contributed by atoms with Crippen molar-refractivity contribution in [3.63, 3.8) is 0 Å². The molecule has 1 fully saturated rings. The van der Waals surface area contributed by atoms with E-state index in [0.29, 0.717) is 23.9 Å². The number of alkyl halides is 1. The topological polar surface area (TPSA) is 15.3 Å². The summed E-state index contributed by atoms with van der Waals surface area (Å²) in [6.45, 7) is 5.28. The molecule has 1 aliphatic heterocycles. The Bertz CT molecular complexity index is 602. The molecule has 1 saturated heterocycles. The summed E-state index contributed by atoms with van der Waals surface area (Å²) in [6, 6.07) is 22.4. The van der Waals surface area contributed by atoms with Crippen LogP contribution in [0.5, 0.6) is 0 Å².